The molecule has 0 N–H and O–H groups in total. The second-order valence-corrected chi connectivity index (χ2v) is 4.90. The maximum Gasteiger partial charge on any atom is 0.529 e. The standard InChI is InChI=1S/C10H20O3Si/c1-5-9-10-14(11-6-2,12-7-3)13-8-4/h5,9-10H,1,6-8H2,2-4H3. The Balaban J connectivity index is 4.52. The van der Waals surface area contributed by atoms with Gasteiger partial charge in [0.05, 0.1) is 0 Å². The largest absolute Gasteiger partial charge is 0.529 e. The Kier molecular flexibility index (Phi) is 7.69. The maximum absolute atomic E-state index is 5.57. The molecular weight excluding hydrogens is 196 g/mol. The molecule has 0 heterocycles. The van der Waals surface area contributed by atoms with Gasteiger partial charge < -0.3 is 13.3 Å². The molecule has 0 aromatic rings. The molecule has 0 radical (unpaired) electrons. The first kappa shape index (κ1) is 13.6. The monoisotopic (exact) mass is 216 g/mol. The maximum atomic E-state index is 5.57. The molecule has 0 saturated heterocycles. The lowest BCUT2D eigenvalue weighted by atomic mass is 10.6. The molecule has 82 valence electrons. The summed E-state index contributed by atoms with van der Waals surface area (Å²) in [6, 6.07) is 0. The Morgan fingerprint density at radius 3 is 1.71 bits per heavy atom. The van der Waals surface area contributed by atoms with Crippen molar-refractivity contribution in [3.05, 3.63) is 24.4 Å². The summed E-state index contributed by atoms with van der Waals surface area (Å²) in [4.78, 5) is 0. The molecule has 0 aromatic heterocycles. The van der Waals surface area contributed by atoms with Gasteiger partial charge in [0.15, 0.2) is 0 Å². The summed E-state index contributed by atoms with van der Waals surface area (Å²) in [5.74, 6) is 0. The van der Waals surface area contributed by atoms with Crippen LogP contribution in [0.25, 0.3) is 0 Å². The van der Waals surface area contributed by atoms with Crippen LogP contribution in [0.4, 0.5) is 0 Å². The molecule has 14 heavy (non-hydrogen) atoms. The van der Waals surface area contributed by atoms with Gasteiger partial charge in [-0.2, -0.15) is 0 Å². The van der Waals surface area contributed by atoms with Crippen molar-refractivity contribution in [1.29, 1.82) is 0 Å². The van der Waals surface area contributed by atoms with Gasteiger partial charge in [-0.1, -0.05) is 18.7 Å². The normalized spacial score (nSPS) is 12.2. The molecule has 0 unspecified atom stereocenters. The molecule has 4 heteroatoms. The molecule has 0 bridgehead atoms. The summed E-state index contributed by atoms with van der Waals surface area (Å²) in [6.45, 7) is 11.2. The molecule has 0 aromatic carbocycles. The Morgan fingerprint density at radius 2 is 1.43 bits per heavy atom. The first-order chi connectivity index (χ1) is 6.74. The van der Waals surface area contributed by atoms with Crippen molar-refractivity contribution in [2.45, 2.75) is 20.8 Å². The molecule has 3 nitrogen and oxygen atoms in total. The molecule has 0 fully saturated rings. The third-order valence-corrected chi connectivity index (χ3v) is 4.15. The summed E-state index contributed by atoms with van der Waals surface area (Å²) >= 11 is 0. The summed E-state index contributed by atoms with van der Waals surface area (Å²) < 4.78 is 16.7. The van der Waals surface area contributed by atoms with E-state index in [1.165, 1.54) is 0 Å². The van der Waals surface area contributed by atoms with E-state index in [1.54, 1.807) is 6.08 Å². The van der Waals surface area contributed by atoms with E-state index in [0.717, 1.165) is 0 Å². The van der Waals surface area contributed by atoms with Gasteiger partial charge in [0.25, 0.3) is 0 Å². The minimum absolute atomic E-state index is 0.591. The molecule has 0 spiro atoms. The van der Waals surface area contributed by atoms with Crippen LogP contribution in [0.1, 0.15) is 20.8 Å². The quantitative estimate of drug-likeness (QED) is 0.460. The third kappa shape index (κ3) is 4.71. The summed E-state index contributed by atoms with van der Waals surface area (Å²) in [5, 5.41) is 0. The van der Waals surface area contributed by atoms with Crippen molar-refractivity contribution in [3.8, 4) is 0 Å². The second-order valence-electron chi connectivity index (χ2n) is 2.50. The highest BCUT2D eigenvalue weighted by Crippen LogP contribution is 2.11. The molecule has 0 aliphatic rings. The van der Waals surface area contributed by atoms with E-state index in [-0.39, 0.29) is 0 Å². The van der Waals surface area contributed by atoms with Gasteiger partial charge in [0.2, 0.25) is 0 Å². The van der Waals surface area contributed by atoms with Gasteiger partial charge >= 0.3 is 8.80 Å². The van der Waals surface area contributed by atoms with Crippen molar-refractivity contribution in [3.63, 3.8) is 0 Å². The van der Waals surface area contributed by atoms with Gasteiger partial charge in [0.1, 0.15) is 0 Å². The minimum Gasteiger partial charge on any atom is -0.371 e. The number of rotatable bonds is 8. The molecule has 0 amide bonds. The zero-order valence-corrected chi connectivity index (χ0v) is 10.3. The van der Waals surface area contributed by atoms with E-state index in [9.17, 15) is 0 Å². The first-order valence-corrected chi connectivity index (χ1v) is 6.77. The van der Waals surface area contributed by atoms with Crippen molar-refractivity contribution in [2.75, 3.05) is 19.8 Å². The van der Waals surface area contributed by atoms with Crippen LogP contribution in [-0.4, -0.2) is 28.6 Å². The fraction of sp³-hybridized carbons (Fsp3) is 0.600. The number of allylic oxidation sites excluding steroid dienone is 2. The topological polar surface area (TPSA) is 27.7 Å². The van der Waals surface area contributed by atoms with E-state index < -0.39 is 8.80 Å². The number of hydrogen-bond donors (Lipinski definition) is 0. The van der Waals surface area contributed by atoms with Crippen LogP contribution in [0.3, 0.4) is 0 Å². The van der Waals surface area contributed by atoms with Gasteiger partial charge in [-0.15, -0.1) is 0 Å². The smallest absolute Gasteiger partial charge is 0.371 e. The zero-order valence-electron chi connectivity index (χ0n) is 9.29. The Hall–Kier alpha value is -0.423. The lowest BCUT2D eigenvalue weighted by Crippen LogP contribution is -2.44. The minimum atomic E-state index is -2.57. The van der Waals surface area contributed by atoms with Gasteiger partial charge in [-0.05, 0) is 26.5 Å². The van der Waals surface area contributed by atoms with Crippen LogP contribution in [0.15, 0.2) is 24.4 Å². The number of hydrogen-bond acceptors (Lipinski definition) is 3. The van der Waals surface area contributed by atoms with Crippen LogP contribution < -0.4 is 0 Å². The van der Waals surface area contributed by atoms with Crippen molar-refractivity contribution < 1.29 is 13.3 Å². The molecule has 0 rings (SSSR count). The average molecular weight is 216 g/mol. The molecule has 0 aliphatic heterocycles. The summed E-state index contributed by atoms with van der Waals surface area (Å²) in [7, 11) is -2.57. The Bertz CT molecular complexity index is 163. The zero-order chi connectivity index (χ0) is 10.9. The van der Waals surface area contributed by atoms with Gasteiger partial charge in [-0.25, -0.2) is 0 Å². The predicted molar refractivity (Wildman–Crippen MR) is 60.0 cm³/mol. The fourth-order valence-electron chi connectivity index (χ4n) is 1.06. The Morgan fingerprint density at radius 1 is 1.00 bits per heavy atom. The van der Waals surface area contributed by atoms with Gasteiger partial charge in [-0.3, -0.25) is 0 Å². The van der Waals surface area contributed by atoms with Crippen LogP contribution in [-0.2, 0) is 13.3 Å². The average Bonchev–Trinajstić information content (AvgIpc) is 2.16. The van der Waals surface area contributed by atoms with Crippen LogP contribution in [0, 0.1) is 0 Å². The first-order valence-electron chi connectivity index (χ1n) is 4.96. The summed E-state index contributed by atoms with van der Waals surface area (Å²) in [5.41, 5.74) is 1.86. The lowest BCUT2D eigenvalue weighted by Gasteiger charge is -2.24. The third-order valence-electron chi connectivity index (χ3n) is 1.47. The van der Waals surface area contributed by atoms with Crippen molar-refractivity contribution in [2.24, 2.45) is 0 Å². The van der Waals surface area contributed by atoms with E-state index >= 15 is 0 Å². The molecule has 0 atom stereocenters. The van der Waals surface area contributed by atoms with Crippen molar-refractivity contribution in [1.82, 2.24) is 0 Å². The SMILES string of the molecule is C=CC=C[Si](OCC)(OCC)OCC. The molecular formula is C10H20O3Si. The highest BCUT2D eigenvalue weighted by Gasteiger charge is 2.37. The van der Waals surface area contributed by atoms with Gasteiger partial charge in [0, 0.05) is 19.8 Å². The van der Waals surface area contributed by atoms with E-state index in [0.29, 0.717) is 19.8 Å². The van der Waals surface area contributed by atoms with E-state index in [4.69, 9.17) is 13.3 Å². The Labute approximate surface area is 87.7 Å². The summed E-state index contributed by atoms with van der Waals surface area (Å²) in [6.07, 6.45) is 3.51. The molecule has 0 saturated carbocycles. The van der Waals surface area contributed by atoms with E-state index in [1.807, 2.05) is 32.5 Å². The highest BCUT2D eigenvalue weighted by atomic mass is 28.4. The highest BCUT2D eigenvalue weighted by molar-refractivity contribution is 6.66. The van der Waals surface area contributed by atoms with E-state index in [2.05, 4.69) is 6.58 Å². The van der Waals surface area contributed by atoms with Crippen molar-refractivity contribution >= 4 is 8.80 Å². The fourth-order valence-corrected chi connectivity index (χ4v) is 3.18. The van der Waals surface area contributed by atoms with Crippen LogP contribution in [0.2, 0.25) is 0 Å². The lowest BCUT2D eigenvalue weighted by molar-refractivity contribution is 0.0843. The molecule has 0 aliphatic carbocycles. The van der Waals surface area contributed by atoms with Crippen LogP contribution in [0.5, 0.6) is 0 Å². The van der Waals surface area contributed by atoms with Crippen LogP contribution >= 0.6 is 0 Å². The predicted octanol–water partition coefficient (Wildman–Crippen LogP) is 2.32. The second kappa shape index (κ2) is 7.93.